The van der Waals surface area contributed by atoms with Gasteiger partial charge in [0, 0.05) is 31.9 Å². The summed E-state index contributed by atoms with van der Waals surface area (Å²) in [5.74, 6) is 0.462. The van der Waals surface area contributed by atoms with Crippen molar-refractivity contribution in [3.05, 3.63) is 59.2 Å². The molecule has 5 heteroatoms. The van der Waals surface area contributed by atoms with Gasteiger partial charge in [0.05, 0.1) is 11.3 Å². The van der Waals surface area contributed by atoms with Crippen molar-refractivity contribution in [1.82, 2.24) is 4.90 Å². The summed E-state index contributed by atoms with van der Waals surface area (Å²) < 4.78 is 0. The van der Waals surface area contributed by atoms with Gasteiger partial charge in [-0.05, 0) is 36.1 Å². The highest BCUT2D eigenvalue weighted by atomic mass is 16.2. The van der Waals surface area contributed by atoms with E-state index in [2.05, 4.69) is 55.3 Å². The second kappa shape index (κ2) is 8.13. The highest BCUT2D eigenvalue weighted by molar-refractivity contribution is 5.91. The Kier molecular flexibility index (Phi) is 5.66. The van der Waals surface area contributed by atoms with E-state index in [1.165, 1.54) is 16.8 Å². The van der Waals surface area contributed by atoms with Crippen molar-refractivity contribution in [3.8, 4) is 6.07 Å². The van der Waals surface area contributed by atoms with Crippen molar-refractivity contribution >= 4 is 17.4 Å². The zero-order valence-corrected chi connectivity index (χ0v) is 16.2. The Hall–Kier alpha value is -3.00. The van der Waals surface area contributed by atoms with E-state index in [4.69, 9.17) is 0 Å². The van der Waals surface area contributed by atoms with Gasteiger partial charge in [-0.1, -0.05) is 44.2 Å². The Balaban J connectivity index is 1.68. The molecule has 1 aliphatic heterocycles. The highest BCUT2D eigenvalue weighted by Crippen LogP contribution is 2.31. The second-order valence-electron chi connectivity index (χ2n) is 7.23. The number of nitrogens with one attached hydrogen (secondary N) is 1. The zero-order valence-electron chi connectivity index (χ0n) is 16.2. The van der Waals surface area contributed by atoms with Crippen LogP contribution in [0.15, 0.2) is 42.5 Å². The van der Waals surface area contributed by atoms with Crippen LogP contribution in [0.25, 0.3) is 0 Å². The number of hydrogen-bond acceptors (Lipinski definition) is 3. The number of urea groups is 1. The summed E-state index contributed by atoms with van der Waals surface area (Å²) >= 11 is 0. The summed E-state index contributed by atoms with van der Waals surface area (Å²) in [6.45, 7) is 9.51. The lowest BCUT2D eigenvalue weighted by atomic mass is 9.97. The Labute approximate surface area is 161 Å². The molecule has 0 saturated carbocycles. The topological polar surface area (TPSA) is 59.4 Å². The van der Waals surface area contributed by atoms with Crippen molar-refractivity contribution in [1.29, 1.82) is 5.26 Å². The van der Waals surface area contributed by atoms with Crippen LogP contribution in [0.3, 0.4) is 0 Å². The first-order chi connectivity index (χ1) is 13.0. The summed E-state index contributed by atoms with van der Waals surface area (Å²) in [5, 5.41) is 12.1. The van der Waals surface area contributed by atoms with Gasteiger partial charge < -0.3 is 15.1 Å². The van der Waals surface area contributed by atoms with Gasteiger partial charge in [-0.15, -0.1) is 0 Å². The molecule has 1 N–H and O–H groups in total. The monoisotopic (exact) mass is 362 g/mol. The zero-order chi connectivity index (χ0) is 19.4. The summed E-state index contributed by atoms with van der Waals surface area (Å²) in [6, 6.07) is 15.5. The van der Waals surface area contributed by atoms with E-state index in [0.29, 0.717) is 30.3 Å². The van der Waals surface area contributed by atoms with Crippen molar-refractivity contribution < 1.29 is 4.79 Å². The van der Waals surface area contributed by atoms with Crippen LogP contribution in [0.2, 0.25) is 0 Å². The van der Waals surface area contributed by atoms with Crippen molar-refractivity contribution in [2.75, 3.05) is 36.4 Å². The number of piperazine rings is 1. The van der Waals surface area contributed by atoms with Crippen molar-refractivity contribution in [3.63, 3.8) is 0 Å². The molecule has 1 fully saturated rings. The first-order valence-electron chi connectivity index (χ1n) is 9.40. The van der Waals surface area contributed by atoms with Gasteiger partial charge in [-0.3, -0.25) is 0 Å². The lowest BCUT2D eigenvalue weighted by molar-refractivity contribution is 0.208. The molecule has 1 heterocycles. The van der Waals surface area contributed by atoms with E-state index in [9.17, 15) is 10.1 Å². The van der Waals surface area contributed by atoms with E-state index in [-0.39, 0.29) is 6.03 Å². The quantitative estimate of drug-likeness (QED) is 0.883. The minimum atomic E-state index is -0.147. The molecule has 3 rings (SSSR count). The van der Waals surface area contributed by atoms with E-state index in [1.54, 1.807) is 18.2 Å². The molecular weight excluding hydrogens is 336 g/mol. The maximum absolute atomic E-state index is 12.6. The number of nitrogens with zero attached hydrogens (tertiary/aromatic N) is 3. The predicted octanol–water partition coefficient (Wildman–Crippen LogP) is 4.34. The molecule has 0 atom stereocenters. The highest BCUT2D eigenvalue weighted by Gasteiger charge is 2.24. The molecule has 0 bridgehead atoms. The number of para-hydroxylation sites is 2. The van der Waals surface area contributed by atoms with Crippen LogP contribution in [0.5, 0.6) is 0 Å². The van der Waals surface area contributed by atoms with Crippen molar-refractivity contribution in [2.24, 2.45) is 0 Å². The van der Waals surface area contributed by atoms with Gasteiger partial charge in [0.25, 0.3) is 0 Å². The van der Waals surface area contributed by atoms with E-state index in [0.717, 1.165) is 13.1 Å². The maximum Gasteiger partial charge on any atom is 0.322 e. The minimum Gasteiger partial charge on any atom is -0.368 e. The number of carbonyl (C=O) groups is 1. The Morgan fingerprint density at radius 1 is 1.07 bits per heavy atom. The minimum absolute atomic E-state index is 0.147. The third kappa shape index (κ3) is 4.06. The second-order valence-corrected chi connectivity index (χ2v) is 7.23. The maximum atomic E-state index is 12.6. The molecule has 2 amide bonds. The van der Waals surface area contributed by atoms with Crippen LogP contribution in [0, 0.1) is 18.3 Å². The summed E-state index contributed by atoms with van der Waals surface area (Å²) in [6.07, 6.45) is 0. The fourth-order valence-corrected chi connectivity index (χ4v) is 3.60. The molecule has 0 spiro atoms. The lowest BCUT2D eigenvalue weighted by Gasteiger charge is -2.38. The number of amides is 2. The Morgan fingerprint density at radius 2 is 1.78 bits per heavy atom. The van der Waals surface area contributed by atoms with Gasteiger partial charge in [0.1, 0.15) is 6.07 Å². The fourth-order valence-electron chi connectivity index (χ4n) is 3.60. The molecule has 2 aromatic carbocycles. The number of nitriles is 1. The molecule has 140 valence electrons. The smallest absolute Gasteiger partial charge is 0.322 e. The van der Waals surface area contributed by atoms with Crippen LogP contribution in [0.1, 0.15) is 36.5 Å². The number of benzene rings is 2. The first-order valence-corrected chi connectivity index (χ1v) is 9.40. The molecule has 0 aliphatic carbocycles. The molecule has 1 saturated heterocycles. The molecular formula is C22H26N4O. The van der Waals surface area contributed by atoms with Gasteiger partial charge in [0.2, 0.25) is 0 Å². The van der Waals surface area contributed by atoms with Crippen LogP contribution < -0.4 is 10.2 Å². The average Bonchev–Trinajstić information content (AvgIpc) is 2.68. The first kappa shape index (κ1) is 18.8. The van der Waals surface area contributed by atoms with Gasteiger partial charge in [-0.25, -0.2) is 4.79 Å². The molecule has 27 heavy (non-hydrogen) atoms. The largest absolute Gasteiger partial charge is 0.368 e. The SMILES string of the molecule is Cc1cccc(C(C)C)c1N1CCN(C(=O)Nc2ccccc2C#N)CC1. The third-order valence-corrected chi connectivity index (χ3v) is 5.06. The summed E-state index contributed by atoms with van der Waals surface area (Å²) in [7, 11) is 0. The standard InChI is InChI=1S/C22H26N4O/c1-16(2)19-9-6-7-17(3)21(19)25-11-13-26(14-12-25)22(27)24-20-10-5-4-8-18(20)15-23/h4-10,16H,11-14H2,1-3H3,(H,24,27). The number of anilines is 2. The number of aryl methyl sites for hydroxylation is 1. The Morgan fingerprint density at radius 3 is 2.44 bits per heavy atom. The lowest BCUT2D eigenvalue weighted by Crippen LogP contribution is -2.50. The summed E-state index contributed by atoms with van der Waals surface area (Å²) in [4.78, 5) is 16.8. The molecule has 1 aliphatic rings. The predicted molar refractivity (Wildman–Crippen MR) is 109 cm³/mol. The van der Waals surface area contributed by atoms with Crippen LogP contribution in [-0.4, -0.2) is 37.1 Å². The van der Waals surface area contributed by atoms with E-state index in [1.807, 2.05) is 11.0 Å². The Bertz CT molecular complexity index is 861. The van der Waals surface area contributed by atoms with Gasteiger partial charge in [0.15, 0.2) is 0 Å². The van der Waals surface area contributed by atoms with Crippen molar-refractivity contribution in [2.45, 2.75) is 26.7 Å². The van der Waals surface area contributed by atoms with Crippen LogP contribution >= 0.6 is 0 Å². The van der Waals surface area contributed by atoms with Crippen LogP contribution in [-0.2, 0) is 0 Å². The molecule has 0 aromatic heterocycles. The molecule has 5 nitrogen and oxygen atoms in total. The molecule has 0 radical (unpaired) electrons. The summed E-state index contributed by atoms with van der Waals surface area (Å²) in [5.41, 5.74) is 4.99. The average molecular weight is 362 g/mol. The number of rotatable bonds is 3. The number of hydrogen-bond donors (Lipinski definition) is 1. The molecule has 2 aromatic rings. The van der Waals surface area contributed by atoms with Gasteiger partial charge >= 0.3 is 6.03 Å². The van der Waals surface area contributed by atoms with Gasteiger partial charge in [-0.2, -0.15) is 5.26 Å². The third-order valence-electron chi connectivity index (χ3n) is 5.06. The van der Waals surface area contributed by atoms with Crippen LogP contribution in [0.4, 0.5) is 16.2 Å². The number of carbonyl (C=O) groups excluding carboxylic acids is 1. The van der Waals surface area contributed by atoms with E-state index < -0.39 is 0 Å². The fraction of sp³-hybridized carbons (Fsp3) is 0.364. The normalized spacial score (nSPS) is 14.2. The van der Waals surface area contributed by atoms with E-state index >= 15 is 0 Å². The molecule has 0 unspecified atom stereocenters.